The van der Waals surface area contributed by atoms with Gasteiger partial charge < -0.3 is 18.9 Å². The van der Waals surface area contributed by atoms with Crippen LogP contribution in [-0.2, 0) is 25.4 Å². The van der Waals surface area contributed by atoms with E-state index in [1.54, 1.807) is 0 Å². The van der Waals surface area contributed by atoms with Gasteiger partial charge in [0.2, 0.25) is 0 Å². The Hall–Kier alpha value is -0.980. The number of ether oxygens (including phenoxy) is 4. The summed E-state index contributed by atoms with van der Waals surface area (Å²) < 4.78 is 22.2. The summed E-state index contributed by atoms with van der Waals surface area (Å²) in [5, 5.41) is 0. The van der Waals surface area contributed by atoms with Crippen molar-refractivity contribution in [1.82, 2.24) is 4.90 Å². The third-order valence-corrected chi connectivity index (χ3v) is 3.78. The third-order valence-electron chi connectivity index (χ3n) is 3.78. The van der Waals surface area contributed by atoms with Crippen molar-refractivity contribution in [2.75, 3.05) is 72.5 Å². The fourth-order valence-corrected chi connectivity index (χ4v) is 2.42. The highest BCUT2D eigenvalue weighted by Gasteiger charge is 2.06. The maximum atomic E-state index is 5.64. The number of hydrogen-bond donors (Lipinski definition) is 0. The Morgan fingerprint density at radius 1 is 0.652 bits per heavy atom. The van der Waals surface area contributed by atoms with Crippen LogP contribution in [0.15, 0.2) is 30.3 Å². The molecule has 23 heavy (non-hydrogen) atoms. The van der Waals surface area contributed by atoms with Crippen LogP contribution < -0.4 is 0 Å². The quantitative estimate of drug-likeness (QED) is 0.845. The topological polar surface area (TPSA) is 40.2 Å². The van der Waals surface area contributed by atoms with E-state index in [-0.39, 0.29) is 0 Å². The molecule has 2 rings (SSSR count). The van der Waals surface area contributed by atoms with Gasteiger partial charge >= 0.3 is 0 Å². The van der Waals surface area contributed by atoms with Gasteiger partial charge in [-0.3, -0.25) is 4.90 Å². The second-order valence-corrected chi connectivity index (χ2v) is 5.53. The molecule has 1 saturated heterocycles. The summed E-state index contributed by atoms with van der Waals surface area (Å²) in [5.41, 5.74) is 1.37. The van der Waals surface area contributed by atoms with Crippen molar-refractivity contribution in [3.63, 3.8) is 0 Å². The van der Waals surface area contributed by atoms with E-state index in [1.807, 2.05) is 0 Å². The molecule has 1 aromatic rings. The summed E-state index contributed by atoms with van der Waals surface area (Å²) in [6.45, 7) is 8.10. The normalized spacial score (nSPS) is 20.5. The average Bonchev–Trinajstić information content (AvgIpc) is 2.60. The van der Waals surface area contributed by atoms with Gasteiger partial charge in [-0.2, -0.15) is 0 Å². The summed E-state index contributed by atoms with van der Waals surface area (Å²) in [5.74, 6) is 0. The standard InChI is InChI=1S/C18H29NO4/c1-2-4-18(5-3-1)6-7-19-8-10-20-12-14-22-16-17-23-15-13-21-11-9-19/h1-5H,6-17H2. The van der Waals surface area contributed by atoms with E-state index >= 15 is 0 Å². The van der Waals surface area contributed by atoms with E-state index in [0.717, 1.165) is 39.3 Å². The van der Waals surface area contributed by atoms with Crippen molar-refractivity contribution in [3.05, 3.63) is 35.9 Å². The lowest BCUT2D eigenvalue weighted by atomic mass is 10.1. The Labute approximate surface area is 139 Å². The van der Waals surface area contributed by atoms with Crippen molar-refractivity contribution in [1.29, 1.82) is 0 Å². The second kappa shape index (κ2) is 12.4. The van der Waals surface area contributed by atoms with Gasteiger partial charge in [-0.15, -0.1) is 0 Å². The molecule has 1 aliphatic heterocycles. The minimum absolute atomic E-state index is 0.618. The van der Waals surface area contributed by atoms with Gasteiger partial charge in [-0.05, 0) is 12.0 Å². The minimum atomic E-state index is 0.618. The summed E-state index contributed by atoms with van der Waals surface area (Å²) in [7, 11) is 0. The number of rotatable bonds is 3. The molecule has 0 aliphatic carbocycles. The molecule has 1 heterocycles. The molecule has 1 fully saturated rings. The molecule has 1 aromatic carbocycles. The molecular formula is C18H29NO4. The summed E-state index contributed by atoms with van der Waals surface area (Å²) >= 11 is 0. The predicted molar refractivity (Wildman–Crippen MR) is 89.9 cm³/mol. The first kappa shape index (κ1) is 18.4. The first-order chi connectivity index (χ1) is 11.4. The molecule has 0 atom stereocenters. The van der Waals surface area contributed by atoms with E-state index in [1.165, 1.54) is 5.56 Å². The Morgan fingerprint density at radius 3 is 1.65 bits per heavy atom. The Kier molecular flexibility index (Phi) is 9.93. The van der Waals surface area contributed by atoms with E-state index < -0.39 is 0 Å². The molecule has 130 valence electrons. The number of benzene rings is 1. The van der Waals surface area contributed by atoms with Crippen molar-refractivity contribution in [2.24, 2.45) is 0 Å². The van der Waals surface area contributed by atoms with Crippen LogP contribution in [0.5, 0.6) is 0 Å². The average molecular weight is 323 g/mol. The Morgan fingerprint density at radius 2 is 1.13 bits per heavy atom. The van der Waals surface area contributed by atoms with E-state index in [0.29, 0.717) is 39.6 Å². The van der Waals surface area contributed by atoms with Crippen LogP contribution in [0.4, 0.5) is 0 Å². The SMILES string of the molecule is c1ccc(CCN2CCOCCOCCOCCOCC2)cc1. The zero-order chi connectivity index (χ0) is 16.0. The zero-order valence-corrected chi connectivity index (χ0v) is 14.0. The Bertz CT molecular complexity index is 372. The summed E-state index contributed by atoms with van der Waals surface area (Å²) in [4.78, 5) is 2.40. The number of hydrogen-bond acceptors (Lipinski definition) is 5. The molecular weight excluding hydrogens is 294 g/mol. The third kappa shape index (κ3) is 9.03. The van der Waals surface area contributed by atoms with Crippen LogP contribution in [-0.4, -0.2) is 77.4 Å². The largest absolute Gasteiger partial charge is 0.378 e. The van der Waals surface area contributed by atoms with Crippen LogP contribution >= 0.6 is 0 Å². The minimum Gasteiger partial charge on any atom is -0.378 e. The van der Waals surface area contributed by atoms with Crippen molar-refractivity contribution in [3.8, 4) is 0 Å². The van der Waals surface area contributed by atoms with Crippen LogP contribution in [0.25, 0.3) is 0 Å². The molecule has 0 spiro atoms. The monoisotopic (exact) mass is 323 g/mol. The zero-order valence-electron chi connectivity index (χ0n) is 14.0. The van der Waals surface area contributed by atoms with E-state index in [9.17, 15) is 0 Å². The lowest BCUT2D eigenvalue weighted by Crippen LogP contribution is -2.33. The van der Waals surface area contributed by atoms with Gasteiger partial charge in [0.1, 0.15) is 0 Å². The van der Waals surface area contributed by atoms with Crippen LogP contribution in [0.2, 0.25) is 0 Å². The van der Waals surface area contributed by atoms with Crippen molar-refractivity contribution >= 4 is 0 Å². The van der Waals surface area contributed by atoms with Gasteiger partial charge in [-0.1, -0.05) is 30.3 Å². The first-order valence-electron chi connectivity index (χ1n) is 8.52. The predicted octanol–water partition coefficient (Wildman–Crippen LogP) is 1.61. The first-order valence-corrected chi connectivity index (χ1v) is 8.52. The maximum Gasteiger partial charge on any atom is 0.0701 e. The second-order valence-electron chi connectivity index (χ2n) is 5.53. The van der Waals surface area contributed by atoms with Gasteiger partial charge in [0, 0.05) is 19.6 Å². The van der Waals surface area contributed by atoms with Crippen LogP contribution in [0.1, 0.15) is 5.56 Å². The summed E-state index contributed by atoms with van der Waals surface area (Å²) in [6.07, 6.45) is 1.05. The molecule has 0 radical (unpaired) electrons. The lowest BCUT2D eigenvalue weighted by molar-refractivity contribution is 0.00206. The maximum absolute atomic E-state index is 5.64. The molecule has 0 saturated carbocycles. The molecule has 0 aromatic heterocycles. The lowest BCUT2D eigenvalue weighted by Gasteiger charge is -2.22. The van der Waals surface area contributed by atoms with Gasteiger partial charge in [0.15, 0.2) is 0 Å². The van der Waals surface area contributed by atoms with E-state index in [4.69, 9.17) is 18.9 Å². The van der Waals surface area contributed by atoms with Gasteiger partial charge in [-0.25, -0.2) is 0 Å². The van der Waals surface area contributed by atoms with Crippen molar-refractivity contribution in [2.45, 2.75) is 6.42 Å². The smallest absolute Gasteiger partial charge is 0.0701 e. The van der Waals surface area contributed by atoms with E-state index in [2.05, 4.69) is 35.2 Å². The molecule has 0 bridgehead atoms. The molecule has 0 amide bonds. The highest BCUT2D eigenvalue weighted by Crippen LogP contribution is 2.02. The fourth-order valence-electron chi connectivity index (χ4n) is 2.42. The highest BCUT2D eigenvalue weighted by molar-refractivity contribution is 5.14. The van der Waals surface area contributed by atoms with Crippen molar-refractivity contribution < 1.29 is 18.9 Å². The van der Waals surface area contributed by atoms with Crippen LogP contribution in [0.3, 0.4) is 0 Å². The number of nitrogens with zero attached hydrogens (tertiary/aromatic N) is 1. The Balaban J connectivity index is 1.72. The van der Waals surface area contributed by atoms with Gasteiger partial charge in [0.05, 0.1) is 52.9 Å². The highest BCUT2D eigenvalue weighted by atomic mass is 16.6. The molecule has 1 aliphatic rings. The molecule has 0 N–H and O–H groups in total. The van der Waals surface area contributed by atoms with Crippen LogP contribution in [0, 0.1) is 0 Å². The molecule has 5 nitrogen and oxygen atoms in total. The molecule has 5 heteroatoms. The molecule has 0 unspecified atom stereocenters. The van der Waals surface area contributed by atoms with Gasteiger partial charge in [0.25, 0.3) is 0 Å². The summed E-state index contributed by atoms with van der Waals surface area (Å²) in [6, 6.07) is 10.6. The fraction of sp³-hybridized carbons (Fsp3) is 0.667.